The van der Waals surface area contributed by atoms with E-state index >= 15 is 0 Å². The van der Waals surface area contributed by atoms with E-state index in [1.807, 2.05) is 19.1 Å². The van der Waals surface area contributed by atoms with Gasteiger partial charge in [0.1, 0.15) is 23.0 Å². The van der Waals surface area contributed by atoms with E-state index in [1.54, 1.807) is 23.1 Å². The highest BCUT2D eigenvalue weighted by Gasteiger charge is 2.18. The number of carboxylic acid groups (broad SMARTS) is 1. The molecule has 1 amide bonds. The van der Waals surface area contributed by atoms with Crippen LogP contribution in [0.1, 0.15) is 47.6 Å². The molecule has 29 heavy (non-hydrogen) atoms. The van der Waals surface area contributed by atoms with E-state index in [-0.39, 0.29) is 12.3 Å². The molecule has 7 heteroatoms. The molecule has 0 spiro atoms. The molecule has 0 aliphatic heterocycles. The molecule has 0 saturated heterocycles. The molecule has 158 valence electrons. The van der Waals surface area contributed by atoms with Crippen molar-refractivity contribution in [2.45, 2.75) is 39.0 Å². The van der Waals surface area contributed by atoms with Crippen LogP contribution in [-0.2, 0) is 11.2 Å². The molecule has 0 bridgehead atoms. The molecule has 0 saturated carbocycles. The highest BCUT2D eigenvalue weighted by atomic mass is 16.5. The predicted molar refractivity (Wildman–Crippen MR) is 109 cm³/mol. The summed E-state index contributed by atoms with van der Waals surface area (Å²) in [6.45, 7) is 2.94. The molecule has 1 aromatic heterocycles. The maximum absolute atomic E-state index is 13.1. The summed E-state index contributed by atoms with van der Waals surface area (Å²) in [7, 11) is 3.08. The molecule has 1 heterocycles. The lowest BCUT2D eigenvalue weighted by atomic mass is 10.1. The lowest BCUT2D eigenvalue weighted by Gasteiger charge is -2.23. The number of hydrogen-bond donors (Lipinski definition) is 1. The minimum absolute atomic E-state index is 0.0979. The molecule has 0 unspecified atom stereocenters. The van der Waals surface area contributed by atoms with Gasteiger partial charge in [-0.3, -0.25) is 9.59 Å². The zero-order chi connectivity index (χ0) is 21.2. The summed E-state index contributed by atoms with van der Waals surface area (Å²) in [5, 5.41) is 8.83. The highest BCUT2D eigenvalue weighted by molar-refractivity contribution is 5.95. The maximum atomic E-state index is 13.1. The minimum Gasteiger partial charge on any atom is -0.497 e. The lowest BCUT2D eigenvalue weighted by molar-refractivity contribution is -0.137. The number of furan rings is 1. The van der Waals surface area contributed by atoms with Crippen molar-refractivity contribution in [1.29, 1.82) is 0 Å². The van der Waals surface area contributed by atoms with Crippen molar-refractivity contribution in [3.8, 4) is 11.5 Å². The van der Waals surface area contributed by atoms with Crippen molar-refractivity contribution in [2.75, 3.05) is 27.3 Å². The van der Waals surface area contributed by atoms with Gasteiger partial charge >= 0.3 is 5.97 Å². The van der Waals surface area contributed by atoms with E-state index in [9.17, 15) is 9.59 Å². The van der Waals surface area contributed by atoms with Crippen LogP contribution >= 0.6 is 0 Å². The lowest BCUT2D eigenvalue weighted by Crippen LogP contribution is -2.33. The first-order valence-corrected chi connectivity index (χ1v) is 9.72. The third-order valence-corrected chi connectivity index (χ3v) is 4.60. The Kier molecular flexibility index (Phi) is 8.58. The van der Waals surface area contributed by atoms with Crippen LogP contribution in [0, 0.1) is 6.92 Å². The Bertz CT molecular complexity index is 791. The number of rotatable bonds is 12. The molecule has 1 aromatic carbocycles. The number of hydrogen-bond acceptors (Lipinski definition) is 5. The summed E-state index contributed by atoms with van der Waals surface area (Å²) >= 11 is 0. The number of carbonyl (C=O) groups is 2. The zero-order valence-corrected chi connectivity index (χ0v) is 17.3. The zero-order valence-electron chi connectivity index (χ0n) is 17.3. The Morgan fingerprint density at radius 3 is 2.21 bits per heavy atom. The fraction of sp³-hybridized carbons (Fsp3) is 0.455. The molecule has 0 fully saturated rings. The molecule has 0 atom stereocenters. The quantitative estimate of drug-likeness (QED) is 0.540. The van der Waals surface area contributed by atoms with Gasteiger partial charge in [-0.1, -0.05) is 0 Å². The van der Waals surface area contributed by atoms with Crippen molar-refractivity contribution >= 4 is 11.9 Å². The van der Waals surface area contributed by atoms with Crippen LogP contribution in [-0.4, -0.2) is 49.2 Å². The van der Waals surface area contributed by atoms with Crippen molar-refractivity contribution in [3.05, 3.63) is 47.4 Å². The largest absolute Gasteiger partial charge is 0.497 e. The molecular formula is C22H29NO6. The Labute approximate surface area is 171 Å². The van der Waals surface area contributed by atoms with Gasteiger partial charge in [-0.05, 0) is 50.5 Å². The second-order valence-electron chi connectivity index (χ2n) is 6.86. The van der Waals surface area contributed by atoms with Gasteiger partial charge in [-0.15, -0.1) is 0 Å². The van der Waals surface area contributed by atoms with Gasteiger partial charge in [-0.2, -0.15) is 0 Å². The molecule has 7 nitrogen and oxygen atoms in total. The van der Waals surface area contributed by atoms with Crippen molar-refractivity contribution in [2.24, 2.45) is 0 Å². The molecule has 0 aliphatic rings. The average molecular weight is 403 g/mol. The van der Waals surface area contributed by atoms with Crippen LogP contribution in [0.15, 0.2) is 34.7 Å². The van der Waals surface area contributed by atoms with Crippen molar-refractivity contribution < 1.29 is 28.6 Å². The highest BCUT2D eigenvalue weighted by Crippen LogP contribution is 2.24. The second-order valence-corrected chi connectivity index (χ2v) is 6.86. The van der Waals surface area contributed by atoms with E-state index in [1.165, 1.54) is 14.2 Å². The Morgan fingerprint density at radius 1 is 1.00 bits per heavy atom. The SMILES string of the molecule is COc1cc(OC)cc(C(=O)N(CCCCC(=O)O)CCCc2ccc(C)o2)c1. The molecule has 2 rings (SSSR count). The van der Waals surface area contributed by atoms with E-state index in [2.05, 4.69) is 0 Å². The number of carbonyl (C=O) groups excluding carboxylic acids is 1. The predicted octanol–water partition coefficient (Wildman–Crippen LogP) is 3.94. The molecular weight excluding hydrogens is 374 g/mol. The van der Waals surface area contributed by atoms with Crippen LogP contribution in [0.25, 0.3) is 0 Å². The number of nitrogens with zero attached hydrogens (tertiary/aromatic N) is 1. The third-order valence-electron chi connectivity index (χ3n) is 4.60. The normalized spacial score (nSPS) is 10.6. The van der Waals surface area contributed by atoms with Gasteiger partial charge in [0.15, 0.2) is 0 Å². The summed E-state index contributed by atoms with van der Waals surface area (Å²) in [4.78, 5) is 25.6. The van der Waals surface area contributed by atoms with Crippen molar-refractivity contribution in [3.63, 3.8) is 0 Å². The van der Waals surface area contributed by atoms with Crippen LogP contribution in [0.4, 0.5) is 0 Å². The summed E-state index contributed by atoms with van der Waals surface area (Å²) in [5.41, 5.74) is 0.480. The number of methoxy groups -OCH3 is 2. The van der Waals surface area contributed by atoms with Gasteiger partial charge in [0.05, 0.1) is 14.2 Å². The molecule has 0 radical (unpaired) electrons. The molecule has 0 aliphatic carbocycles. The Hall–Kier alpha value is -2.96. The summed E-state index contributed by atoms with van der Waals surface area (Å²) in [5.74, 6) is 1.89. The molecule has 1 N–H and O–H groups in total. The van der Waals surface area contributed by atoms with E-state index < -0.39 is 5.97 Å². The fourth-order valence-electron chi connectivity index (χ4n) is 3.07. The third kappa shape index (κ3) is 7.18. The van der Waals surface area contributed by atoms with E-state index in [0.717, 1.165) is 24.4 Å². The van der Waals surface area contributed by atoms with E-state index in [0.29, 0.717) is 43.0 Å². The standard InChI is InChI=1S/C22H29NO6/c1-16-9-10-18(29-16)7-6-12-23(11-5-4-8-21(24)25)22(26)17-13-19(27-2)15-20(14-17)28-3/h9-10,13-15H,4-8,11-12H2,1-3H3,(H,24,25). The summed E-state index contributed by atoms with van der Waals surface area (Å²) in [6, 6.07) is 8.96. The van der Waals surface area contributed by atoms with E-state index in [4.69, 9.17) is 19.0 Å². The number of ether oxygens (including phenoxy) is 2. The first kappa shape index (κ1) is 22.3. The number of aliphatic carboxylic acids is 1. The van der Waals surface area contributed by atoms with Gasteiger partial charge in [0, 0.05) is 37.6 Å². The Balaban J connectivity index is 2.07. The van der Waals surface area contributed by atoms with Gasteiger partial charge in [0.2, 0.25) is 0 Å². The fourth-order valence-corrected chi connectivity index (χ4v) is 3.07. The van der Waals surface area contributed by atoms with Crippen LogP contribution in [0.2, 0.25) is 0 Å². The minimum atomic E-state index is -0.825. The maximum Gasteiger partial charge on any atom is 0.303 e. The molecule has 2 aromatic rings. The Morgan fingerprint density at radius 2 is 1.66 bits per heavy atom. The van der Waals surface area contributed by atoms with Crippen LogP contribution < -0.4 is 9.47 Å². The number of aryl methyl sites for hydroxylation is 2. The number of benzene rings is 1. The van der Waals surface area contributed by atoms with Gasteiger partial charge < -0.3 is 23.9 Å². The van der Waals surface area contributed by atoms with Crippen LogP contribution in [0.3, 0.4) is 0 Å². The summed E-state index contributed by atoms with van der Waals surface area (Å²) in [6.07, 6.45) is 2.73. The van der Waals surface area contributed by atoms with Crippen LogP contribution in [0.5, 0.6) is 11.5 Å². The number of carboxylic acids is 1. The topological polar surface area (TPSA) is 89.2 Å². The van der Waals surface area contributed by atoms with Crippen molar-refractivity contribution in [1.82, 2.24) is 4.90 Å². The average Bonchev–Trinajstić information content (AvgIpc) is 3.13. The number of unbranched alkanes of at least 4 members (excludes halogenated alkanes) is 1. The van der Waals surface area contributed by atoms with Gasteiger partial charge in [0.25, 0.3) is 5.91 Å². The number of amides is 1. The first-order valence-electron chi connectivity index (χ1n) is 9.72. The van der Waals surface area contributed by atoms with Gasteiger partial charge in [-0.25, -0.2) is 0 Å². The smallest absolute Gasteiger partial charge is 0.303 e. The first-order chi connectivity index (χ1) is 13.9. The summed E-state index contributed by atoms with van der Waals surface area (Å²) < 4.78 is 16.1. The second kappa shape index (κ2) is 11.1. The monoisotopic (exact) mass is 403 g/mol.